The fourth-order valence-corrected chi connectivity index (χ4v) is 6.54. The number of anilines is 1. The van der Waals surface area contributed by atoms with Crippen molar-refractivity contribution in [2.45, 2.75) is 25.8 Å². The molecule has 2 fully saturated rings. The van der Waals surface area contributed by atoms with E-state index in [9.17, 15) is 0 Å². The molecule has 6 heterocycles. The topological polar surface area (TPSA) is 70.2 Å². The molecule has 4 aromatic heterocycles. The Morgan fingerprint density at radius 1 is 0.923 bits per heavy atom. The second kappa shape index (κ2) is 10.1. The highest BCUT2D eigenvalue weighted by Gasteiger charge is 2.32. The number of morpholine rings is 1. The van der Waals surface area contributed by atoms with Crippen LogP contribution in [0.1, 0.15) is 30.0 Å². The van der Waals surface area contributed by atoms with Gasteiger partial charge in [-0.05, 0) is 48.9 Å². The maximum Gasteiger partial charge on any atom is 0.153 e. The summed E-state index contributed by atoms with van der Waals surface area (Å²) in [4.78, 5) is 12.5. The number of hydrogen-bond donors (Lipinski definition) is 0. The predicted octanol–water partition coefficient (Wildman–Crippen LogP) is 5.15. The number of benzene rings is 1. The Morgan fingerprint density at radius 3 is 2.44 bits per heavy atom. The molecular weight excluding hydrogens is 488 g/mol. The van der Waals surface area contributed by atoms with Crippen LogP contribution in [-0.2, 0) is 16.5 Å². The van der Waals surface area contributed by atoms with Crippen molar-refractivity contribution in [3.8, 4) is 11.3 Å². The van der Waals surface area contributed by atoms with Crippen LogP contribution in [0, 0.1) is 12.8 Å². The van der Waals surface area contributed by atoms with E-state index in [2.05, 4.69) is 64.0 Å². The Kier molecular flexibility index (Phi) is 6.29. The Bertz CT molecular complexity index is 1590. The first-order valence-electron chi connectivity index (χ1n) is 13.9. The minimum atomic E-state index is 0.128. The van der Waals surface area contributed by atoms with E-state index in [1.54, 1.807) is 0 Å². The molecule has 5 aromatic rings. The molecule has 0 N–H and O–H groups in total. The van der Waals surface area contributed by atoms with Gasteiger partial charge in [0, 0.05) is 56.7 Å². The van der Waals surface area contributed by atoms with Crippen molar-refractivity contribution < 1.29 is 9.47 Å². The number of aryl methyl sites for hydroxylation is 2. The van der Waals surface area contributed by atoms with Gasteiger partial charge in [-0.2, -0.15) is 5.10 Å². The number of aromatic nitrogens is 5. The summed E-state index contributed by atoms with van der Waals surface area (Å²) in [5.74, 6) is 1.44. The van der Waals surface area contributed by atoms with E-state index in [0.717, 1.165) is 83.7 Å². The first-order chi connectivity index (χ1) is 19.2. The summed E-state index contributed by atoms with van der Waals surface area (Å²) in [6.45, 7) is 6.76. The van der Waals surface area contributed by atoms with Crippen molar-refractivity contribution in [1.29, 1.82) is 0 Å². The smallest absolute Gasteiger partial charge is 0.153 e. The van der Waals surface area contributed by atoms with Crippen LogP contribution in [0.4, 0.5) is 5.82 Å². The molecule has 0 aliphatic carbocycles. The Hall–Kier alpha value is -3.75. The monoisotopic (exact) mass is 522 g/mol. The molecular formula is C31H34N6O2. The first-order valence-corrected chi connectivity index (χ1v) is 13.9. The van der Waals surface area contributed by atoms with E-state index in [0.29, 0.717) is 19.1 Å². The van der Waals surface area contributed by atoms with Crippen molar-refractivity contribution in [2.75, 3.05) is 44.4 Å². The molecule has 0 radical (unpaired) electrons. The zero-order valence-electron chi connectivity index (χ0n) is 22.6. The van der Waals surface area contributed by atoms with E-state index < -0.39 is 0 Å². The zero-order valence-corrected chi connectivity index (χ0v) is 22.6. The fourth-order valence-electron chi connectivity index (χ4n) is 6.54. The minimum Gasteiger partial charge on any atom is -0.381 e. The molecule has 2 saturated heterocycles. The van der Waals surface area contributed by atoms with Gasteiger partial charge in [-0.3, -0.25) is 9.67 Å². The molecule has 2 aliphatic rings. The van der Waals surface area contributed by atoms with Crippen molar-refractivity contribution in [3.05, 3.63) is 72.2 Å². The molecule has 2 aliphatic heterocycles. The summed E-state index contributed by atoms with van der Waals surface area (Å²) < 4.78 is 16.0. The molecule has 200 valence electrons. The molecule has 8 heteroatoms. The normalized spacial score (nSPS) is 17.7. The average Bonchev–Trinajstić information content (AvgIpc) is 3.50. The second-order valence-electron chi connectivity index (χ2n) is 10.7. The summed E-state index contributed by atoms with van der Waals surface area (Å²) >= 11 is 0. The lowest BCUT2D eigenvalue weighted by Crippen LogP contribution is -2.37. The zero-order chi connectivity index (χ0) is 26.3. The Balaban J connectivity index is 1.55. The van der Waals surface area contributed by atoms with Crippen molar-refractivity contribution >= 4 is 27.8 Å². The maximum atomic E-state index is 5.83. The third-order valence-corrected chi connectivity index (χ3v) is 8.37. The lowest BCUT2D eigenvalue weighted by molar-refractivity contribution is 0.0552. The number of rotatable bonds is 5. The van der Waals surface area contributed by atoms with Gasteiger partial charge in [-0.15, -0.1) is 0 Å². The van der Waals surface area contributed by atoms with Crippen LogP contribution in [-0.4, -0.2) is 63.8 Å². The van der Waals surface area contributed by atoms with Gasteiger partial charge in [-0.25, -0.2) is 4.98 Å². The van der Waals surface area contributed by atoms with Crippen LogP contribution in [0.5, 0.6) is 0 Å². The SMILES string of the molecule is Cc1cnn(C)c1-c1cnc2c3ccnc(N4CCOCC4)c3n(C(c3ccccc3)C3CCOCC3)c2c1. The number of fused-ring (bicyclic) bond motifs is 3. The van der Waals surface area contributed by atoms with Gasteiger partial charge < -0.3 is 18.9 Å². The molecule has 7 rings (SSSR count). The summed E-state index contributed by atoms with van der Waals surface area (Å²) in [7, 11) is 2.00. The van der Waals surface area contributed by atoms with E-state index in [1.807, 2.05) is 30.3 Å². The Morgan fingerprint density at radius 2 is 1.69 bits per heavy atom. The predicted molar refractivity (Wildman–Crippen MR) is 153 cm³/mol. The van der Waals surface area contributed by atoms with Gasteiger partial charge in [0.1, 0.15) is 0 Å². The third-order valence-electron chi connectivity index (χ3n) is 8.37. The summed E-state index contributed by atoms with van der Waals surface area (Å²) in [6.07, 6.45) is 7.88. The van der Waals surface area contributed by atoms with Gasteiger partial charge in [-0.1, -0.05) is 30.3 Å². The number of nitrogens with zero attached hydrogens (tertiary/aromatic N) is 6. The number of pyridine rings is 2. The van der Waals surface area contributed by atoms with Crippen LogP contribution in [0.2, 0.25) is 0 Å². The van der Waals surface area contributed by atoms with Crippen LogP contribution in [0.15, 0.2) is 61.1 Å². The van der Waals surface area contributed by atoms with Crippen molar-refractivity contribution in [2.24, 2.45) is 13.0 Å². The molecule has 39 heavy (non-hydrogen) atoms. The highest BCUT2D eigenvalue weighted by Crippen LogP contribution is 2.43. The quantitative estimate of drug-likeness (QED) is 0.318. The molecule has 1 aromatic carbocycles. The average molecular weight is 523 g/mol. The highest BCUT2D eigenvalue weighted by molar-refractivity contribution is 6.10. The second-order valence-corrected chi connectivity index (χ2v) is 10.7. The molecule has 0 spiro atoms. The first kappa shape index (κ1) is 24.3. The summed E-state index contributed by atoms with van der Waals surface area (Å²) in [5.41, 5.74) is 7.91. The van der Waals surface area contributed by atoms with E-state index >= 15 is 0 Å². The van der Waals surface area contributed by atoms with E-state index in [4.69, 9.17) is 19.4 Å². The largest absolute Gasteiger partial charge is 0.381 e. The molecule has 0 saturated carbocycles. The Labute approximate surface area is 228 Å². The van der Waals surface area contributed by atoms with Gasteiger partial charge in [0.25, 0.3) is 0 Å². The fraction of sp³-hybridized carbons (Fsp3) is 0.387. The van der Waals surface area contributed by atoms with Crippen LogP contribution in [0.3, 0.4) is 0 Å². The van der Waals surface area contributed by atoms with Gasteiger partial charge in [0.15, 0.2) is 5.82 Å². The minimum absolute atomic E-state index is 0.128. The number of ether oxygens (including phenoxy) is 2. The van der Waals surface area contributed by atoms with Crippen LogP contribution >= 0.6 is 0 Å². The van der Waals surface area contributed by atoms with Gasteiger partial charge in [0.2, 0.25) is 0 Å². The lowest BCUT2D eigenvalue weighted by atomic mass is 9.86. The summed E-state index contributed by atoms with van der Waals surface area (Å²) in [6, 6.07) is 15.5. The van der Waals surface area contributed by atoms with Gasteiger partial charge in [0.05, 0.1) is 47.7 Å². The van der Waals surface area contributed by atoms with Crippen LogP contribution < -0.4 is 4.90 Å². The van der Waals surface area contributed by atoms with Crippen molar-refractivity contribution in [1.82, 2.24) is 24.3 Å². The standard InChI is InChI=1S/C31H34N6O2/c1-21-19-34-35(2)28(21)24-18-26-27(33-20-24)25-8-11-32-31(36-12-16-39-17-13-36)30(25)37(26)29(22-6-4-3-5-7-22)23-9-14-38-15-10-23/h3-8,11,18-20,23,29H,9-10,12-17H2,1-2H3. The third kappa shape index (κ3) is 4.19. The van der Waals surface area contributed by atoms with E-state index in [1.165, 1.54) is 5.56 Å². The van der Waals surface area contributed by atoms with E-state index in [-0.39, 0.29) is 6.04 Å². The van der Waals surface area contributed by atoms with Gasteiger partial charge >= 0.3 is 0 Å². The molecule has 0 amide bonds. The van der Waals surface area contributed by atoms with Crippen molar-refractivity contribution in [3.63, 3.8) is 0 Å². The highest BCUT2D eigenvalue weighted by atomic mass is 16.5. The lowest BCUT2D eigenvalue weighted by Gasteiger charge is -2.34. The maximum absolute atomic E-state index is 5.83. The number of hydrogen-bond acceptors (Lipinski definition) is 6. The molecule has 1 atom stereocenters. The molecule has 0 bridgehead atoms. The van der Waals surface area contributed by atoms with Crippen LogP contribution in [0.25, 0.3) is 33.2 Å². The molecule has 1 unspecified atom stereocenters. The molecule has 8 nitrogen and oxygen atoms in total. The summed E-state index contributed by atoms with van der Waals surface area (Å²) in [5, 5.41) is 5.65.